The second-order valence-electron chi connectivity index (χ2n) is 8.23. The molecule has 172 valence electrons. The van der Waals surface area contributed by atoms with Gasteiger partial charge in [0.05, 0.1) is 18.2 Å². The molecule has 1 aromatic heterocycles. The number of aliphatic hydroxyl groups excluding tert-OH is 1. The molecule has 3 rings (SSSR count). The van der Waals surface area contributed by atoms with Gasteiger partial charge < -0.3 is 20.0 Å². The van der Waals surface area contributed by atoms with Crippen LogP contribution in [-0.2, 0) is 9.59 Å². The number of aliphatic hydroxyl groups is 1. The summed E-state index contributed by atoms with van der Waals surface area (Å²) in [6.45, 7) is 8.49. The van der Waals surface area contributed by atoms with Crippen molar-refractivity contribution in [2.75, 3.05) is 45.8 Å². The minimum absolute atomic E-state index is 0.0775. The van der Waals surface area contributed by atoms with Crippen LogP contribution in [0.2, 0.25) is 0 Å². The second-order valence-corrected chi connectivity index (χ2v) is 8.23. The molecule has 0 aliphatic carbocycles. The summed E-state index contributed by atoms with van der Waals surface area (Å²) in [4.78, 5) is 43.6. The molecule has 1 spiro atoms. The highest BCUT2D eigenvalue weighted by Crippen LogP contribution is 2.40. The average Bonchev–Trinajstić information content (AvgIpc) is 2.78. The molecule has 1 aromatic rings. The van der Waals surface area contributed by atoms with Crippen LogP contribution in [0.15, 0.2) is 24.5 Å². The van der Waals surface area contributed by atoms with Crippen LogP contribution in [0.5, 0.6) is 0 Å². The number of hydrogen-bond donors (Lipinski definition) is 2. The first-order chi connectivity index (χ1) is 14.9. The summed E-state index contributed by atoms with van der Waals surface area (Å²) >= 11 is 0. The van der Waals surface area contributed by atoms with E-state index in [0.29, 0.717) is 44.7 Å². The van der Waals surface area contributed by atoms with E-state index in [2.05, 4.69) is 23.7 Å². The van der Waals surface area contributed by atoms with E-state index in [1.807, 2.05) is 4.90 Å². The lowest BCUT2D eigenvalue weighted by Crippen LogP contribution is -2.56. The Labute approximate surface area is 183 Å². The quantitative estimate of drug-likeness (QED) is 0.663. The van der Waals surface area contributed by atoms with Crippen LogP contribution < -0.4 is 0 Å². The van der Waals surface area contributed by atoms with E-state index < -0.39 is 6.10 Å². The van der Waals surface area contributed by atoms with Gasteiger partial charge in [-0.25, -0.2) is 0 Å². The van der Waals surface area contributed by atoms with Crippen LogP contribution >= 0.6 is 0 Å². The monoisotopic (exact) mass is 434 g/mol. The highest BCUT2D eigenvalue weighted by atomic mass is 16.3. The van der Waals surface area contributed by atoms with Crippen molar-refractivity contribution in [3.8, 4) is 0 Å². The number of hydrogen-bond acceptors (Lipinski definition) is 6. The minimum Gasteiger partial charge on any atom is -0.483 e. The Morgan fingerprint density at radius 1 is 1.26 bits per heavy atom. The largest absolute Gasteiger partial charge is 0.483 e. The fraction of sp³-hybridized carbons (Fsp3) is 0.636. The van der Waals surface area contributed by atoms with Crippen LogP contribution in [0.1, 0.15) is 43.5 Å². The number of amides is 2. The molecule has 3 heterocycles. The number of nitrogens with zero attached hydrogens (tertiary/aromatic N) is 4. The fourth-order valence-corrected chi connectivity index (χ4v) is 4.51. The molecule has 9 nitrogen and oxygen atoms in total. The smallest absolute Gasteiger partial charge is 0.290 e. The number of β-amino-alcohol motifs (C(OH)–C–C–N with tert-alkyl or cyclic N) is 1. The first-order valence-electron chi connectivity index (χ1n) is 10.8. The molecule has 31 heavy (non-hydrogen) atoms. The highest BCUT2D eigenvalue weighted by molar-refractivity contribution is 5.94. The van der Waals surface area contributed by atoms with Gasteiger partial charge in [-0.2, -0.15) is 0 Å². The lowest BCUT2D eigenvalue weighted by atomic mass is 9.71. The number of likely N-dealkylation sites (tertiary alicyclic amines) is 2. The molecule has 2 fully saturated rings. The van der Waals surface area contributed by atoms with Crippen molar-refractivity contribution < 1.29 is 24.6 Å². The molecule has 0 radical (unpaired) electrons. The number of piperidine rings is 2. The van der Waals surface area contributed by atoms with Crippen LogP contribution in [0, 0.1) is 5.41 Å². The molecule has 2 N–H and O–H groups in total. The summed E-state index contributed by atoms with van der Waals surface area (Å²) in [7, 11) is 0. The van der Waals surface area contributed by atoms with E-state index in [0.717, 1.165) is 25.9 Å². The maximum atomic E-state index is 12.8. The molecule has 0 aromatic carbocycles. The average molecular weight is 435 g/mol. The zero-order valence-corrected chi connectivity index (χ0v) is 18.4. The molecule has 2 saturated heterocycles. The van der Waals surface area contributed by atoms with Crippen LogP contribution in [0.3, 0.4) is 0 Å². The predicted molar refractivity (Wildman–Crippen MR) is 115 cm³/mol. The van der Waals surface area contributed by atoms with Gasteiger partial charge in [0.15, 0.2) is 0 Å². The van der Waals surface area contributed by atoms with E-state index in [1.165, 1.54) is 0 Å². The zero-order valence-electron chi connectivity index (χ0n) is 18.4. The number of likely N-dealkylation sites (N-methyl/N-ethyl adjacent to an activating group) is 1. The van der Waals surface area contributed by atoms with E-state index in [9.17, 15) is 14.7 Å². The van der Waals surface area contributed by atoms with Crippen molar-refractivity contribution in [1.82, 2.24) is 19.7 Å². The Bertz CT molecular complexity index is 718. The molecule has 2 aliphatic rings. The van der Waals surface area contributed by atoms with Crippen LogP contribution in [0.4, 0.5) is 0 Å². The summed E-state index contributed by atoms with van der Waals surface area (Å²) < 4.78 is 0. The van der Waals surface area contributed by atoms with E-state index in [4.69, 9.17) is 9.90 Å². The normalized spacial score (nSPS) is 20.2. The maximum Gasteiger partial charge on any atom is 0.290 e. The predicted octanol–water partition coefficient (Wildman–Crippen LogP) is 0.940. The first-order valence-corrected chi connectivity index (χ1v) is 10.8. The lowest BCUT2D eigenvalue weighted by molar-refractivity contribution is -0.136. The topological polar surface area (TPSA) is 114 Å². The van der Waals surface area contributed by atoms with Crippen molar-refractivity contribution in [1.29, 1.82) is 0 Å². The first kappa shape index (κ1) is 24.7. The molecular weight excluding hydrogens is 400 g/mol. The van der Waals surface area contributed by atoms with Crippen molar-refractivity contribution in [3.63, 3.8) is 0 Å². The van der Waals surface area contributed by atoms with Crippen molar-refractivity contribution in [2.24, 2.45) is 5.41 Å². The zero-order chi connectivity index (χ0) is 22.9. The summed E-state index contributed by atoms with van der Waals surface area (Å²) in [5, 5.41) is 17.3. The SMILES string of the molecule is CCN(CC)CC(=O)N1CCC2(CC1)CC(O)CN(C(=O)c1cccnc1)C2.O=CO. The summed E-state index contributed by atoms with van der Waals surface area (Å²) in [6.07, 6.45) is 5.04. The molecular formula is C22H34N4O5. The summed E-state index contributed by atoms with van der Waals surface area (Å²) in [5.74, 6) is 0.101. The Balaban J connectivity index is 0.00000107. The van der Waals surface area contributed by atoms with Gasteiger partial charge in [0.1, 0.15) is 0 Å². The van der Waals surface area contributed by atoms with Crippen LogP contribution in [-0.4, -0.2) is 100 Å². The van der Waals surface area contributed by atoms with Gasteiger partial charge in [0.2, 0.25) is 5.91 Å². The van der Waals surface area contributed by atoms with Gasteiger partial charge in [-0.1, -0.05) is 13.8 Å². The number of carbonyl (C=O) groups excluding carboxylic acids is 2. The molecule has 2 aliphatic heterocycles. The Morgan fingerprint density at radius 2 is 1.90 bits per heavy atom. The van der Waals surface area contributed by atoms with Gasteiger partial charge in [-0.15, -0.1) is 0 Å². The molecule has 0 saturated carbocycles. The second kappa shape index (κ2) is 11.8. The van der Waals surface area contributed by atoms with Gasteiger partial charge in [0, 0.05) is 38.6 Å². The van der Waals surface area contributed by atoms with E-state index >= 15 is 0 Å². The van der Waals surface area contributed by atoms with Gasteiger partial charge in [-0.05, 0) is 49.9 Å². The number of carbonyl (C=O) groups is 3. The third-order valence-electron chi connectivity index (χ3n) is 6.25. The summed E-state index contributed by atoms with van der Waals surface area (Å²) in [5.41, 5.74) is 0.445. The lowest BCUT2D eigenvalue weighted by Gasteiger charge is -2.49. The third-order valence-corrected chi connectivity index (χ3v) is 6.25. The Morgan fingerprint density at radius 3 is 2.45 bits per heavy atom. The van der Waals surface area contributed by atoms with Crippen molar-refractivity contribution in [3.05, 3.63) is 30.1 Å². The van der Waals surface area contributed by atoms with Crippen molar-refractivity contribution >= 4 is 18.3 Å². The molecule has 1 atom stereocenters. The Kier molecular flexibility index (Phi) is 9.39. The minimum atomic E-state index is -0.521. The van der Waals surface area contributed by atoms with Gasteiger partial charge in [-0.3, -0.25) is 24.3 Å². The Hall–Kier alpha value is -2.52. The summed E-state index contributed by atoms with van der Waals surface area (Å²) in [6, 6.07) is 3.51. The number of carboxylic acid groups (broad SMARTS) is 1. The standard InChI is InChI=1S/C21H32N4O3.CH2O2/c1-3-23(4-2)15-19(27)24-10-7-21(8-11-24)12-18(26)14-25(16-21)20(28)17-6-5-9-22-13-17;2-1-3/h5-6,9,13,18,26H,3-4,7-8,10-12,14-16H2,1-2H3;1H,(H,2,3). The highest BCUT2D eigenvalue weighted by Gasteiger charge is 2.43. The fourth-order valence-electron chi connectivity index (χ4n) is 4.51. The molecule has 9 heteroatoms. The molecule has 1 unspecified atom stereocenters. The molecule has 0 bridgehead atoms. The van der Waals surface area contributed by atoms with E-state index in [1.54, 1.807) is 29.4 Å². The van der Waals surface area contributed by atoms with Crippen LogP contribution in [0.25, 0.3) is 0 Å². The molecule has 2 amide bonds. The van der Waals surface area contributed by atoms with Gasteiger partial charge in [0.25, 0.3) is 12.4 Å². The maximum absolute atomic E-state index is 12.8. The van der Waals surface area contributed by atoms with Crippen molar-refractivity contribution in [2.45, 2.75) is 39.2 Å². The third kappa shape index (κ3) is 6.73. The van der Waals surface area contributed by atoms with E-state index in [-0.39, 0.29) is 23.7 Å². The number of pyridine rings is 1. The number of rotatable bonds is 5. The number of aromatic nitrogens is 1. The van der Waals surface area contributed by atoms with Gasteiger partial charge >= 0.3 is 0 Å².